The molecule has 0 bridgehead atoms. The monoisotopic (exact) mass is 536 g/mol. The lowest BCUT2D eigenvalue weighted by Crippen LogP contribution is -2.73. The van der Waals surface area contributed by atoms with E-state index in [-0.39, 0.29) is 43.2 Å². The van der Waals surface area contributed by atoms with Crippen molar-refractivity contribution in [3.63, 3.8) is 0 Å². The summed E-state index contributed by atoms with van der Waals surface area (Å²) in [5.41, 5.74) is 7.40. The molecule has 2 saturated heterocycles. The number of amides is 4. The minimum Gasteiger partial charge on any atom is -0.370 e. The Kier molecular flexibility index (Phi) is 8.59. The van der Waals surface area contributed by atoms with E-state index in [1.54, 1.807) is 18.5 Å². The van der Waals surface area contributed by atoms with Gasteiger partial charge in [0.15, 0.2) is 12.3 Å². The first kappa shape index (κ1) is 28.2. The van der Waals surface area contributed by atoms with Crippen molar-refractivity contribution in [3.8, 4) is 0 Å². The summed E-state index contributed by atoms with van der Waals surface area (Å²) in [6.45, 7) is 7.99. The number of nitrogens with zero attached hydrogens (tertiary/aromatic N) is 5. The quantitative estimate of drug-likeness (QED) is 0.484. The molecule has 0 aliphatic carbocycles. The molecule has 0 spiro atoms. The van der Waals surface area contributed by atoms with Crippen LogP contribution in [-0.4, -0.2) is 79.9 Å². The molecule has 1 aromatic heterocycles. The van der Waals surface area contributed by atoms with Crippen molar-refractivity contribution in [1.29, 1.82) is 0 Å². The van der Waals surface area contributed by atoms with E-state index in [1.807, 2.05) is 45.9 Å². The second kappa shape index (κ2) is 11.9. The van der Waals surface area contributed by atoms with Gasteiger partial charge in [-0.15, -0.1) is 0 Å². The van der Waals surface area contributed by atoms with Crippen molar-refractivity contribution < 1.29 is 24.0 Å². The van der Waals surface area contributed by atoms with Crippen molar-refractivity contribution >= 4 is 40.7 Å². The summed E-state index contributed by atoms with van der Waals surface area (Å²) >= 11 is 0. The van der Waals surface area contributed by atoms with Gasteiger partial charge in [-0.25, -0.2) is 0 Å². The Hall–Kier alpha value is -3.86. The van der Waals surface area contributed by atoms with Gasteiger partial charge in [-0.1, -0.05) is 39.8 Å². The van der Waals surface area contributed by atoms with E-state index in [4.69, 9.17) is 10.6 Å². The Balaban J connectivity index is 1.70. The third-order valence-electron chi connectivity index (χ3n) is 6.84. The van der Waals surface area contributed by atoms with Gasteiger partial charge < -0.3 is 15.5 Å². The second-order valence-electron chi connectivity index (χ2n) is 10.9. The zero-order valence-corrected chi connectivity index (χ0v) is 22.8. The van der Waals surface area contributed by atoms with Crippen LogP contribution in [0.5, 0.6) is 0 Å². The van der Waals surface area contributed by atoms with Crippen LogP contribution in [0.25, 0.3) is 17.1 Å². The van der Waals surface area contributed by atoms with Gasteiger partial charge in [-0.3, -0.25) is 34.0 Å². The van der Waals surface area contributed by atoms with Crippen LogP contribution in [0, 0.1) is 11.8 Å². The molecular weight excluding hydrogens is 500 g/mol. The third kappa shape index (κ3) is 6.25. The Labute approximate surface area is 227 Å². The molecule has 3 heterocycles. The molecule has 4 rings (SSSR count). The van der Waals surface area contributed by atoms with Crippen LogP contribution in [0.4, 0.5) is 0 Å². The Morgan fingerprint density at radius 3 is 2.49 bits per heavy atom. The van der Waals surface area contributed by atoms with Gasteiger partial charge in [0.2, 0.25) is 11.8 Å². The summed E-state index contributed by atoms with van der Waals surface area (Å²) in [5, 5.41) is 1.21. The molecule has 2 fully saturated rings. The molecule has 2 N–H and O–H groups in total. The summed E-state index contributed by atoms with van der Waals surface area (Å²) in [7, 11) is 0. The number of aromatic nitrogens is 2. The average Bonchev–Trinajstić information content (AvgIpc) is 2.88. The Morgan fingerprint density at radius 1 is 1.08 bits per heavy atom. The van der Waals surface area contributed by atoms with E-state index < -0.39 is 30.1 Å². The number of hydrogen-bond acceptors (Lipinski definition) is 7. The van der Waals surface area contributed by atoms with Crippen molar-refractivity contribution in [2.75, 3.05) is 13.1 Å². The van der Waals surface area contributed by atoms with Gasteiger partial charge in [0.25, 0.3) is 11.8 Å². The van der Waals surface area contributed by atoms with Crippen LogP contribution in [-0.2, 0) is 24.0 Å². The van der Waals surface area contributed by atoms with Gasteiger partial charge in [-0.2, -0.15) is 5.06 Å². The summed E-state index contributed by atoms with van der Waals surface area (Å²) < 4.78 is 0. The Bertz CT molecular complexity index is 1270. The molecule has 11 nitrogen and oxygen atoms in total. The van der Waals surface area contributed by atoms with E-state index in [0.717, 1.165) is 0 Å². The van der Waals surface area contributed by atoms with Gasteiger partial charge in [0.1, 0.15) is 6.04 Å². The largest absolute Gasteiger partial charge is 0.370 e. The zero-order chi connectivity index (χ0) is 28.3. The third-order valence-corrected chi connectivity index (χ3v) is 6.84. The van der Waals surface area contributed by atoms with Gasteiger partial charge in [0, 0.05) is 37.0 Å². The molecule has 0 unspecified atom stereocenters. The van der Waals surface area contributed by atoms with Gasteiger partial charge in [0.05, 0.1) is 17.6 Å². The maximum atomic E-state index is 13.7. The van der Waals surface area contributed by atoms with Crippen LogP contribution in [0.1, 0.15) is 52.5 Å². The lowest BCUT2D eigenvalue weighted by Gasteiger charge is -2.53. The number of hydrogen-bond donors (Lipinski definition) is 1. The average molecular weight is 537 g/mol. The molecule has 2 aromatic rings. The summed E-state index contributed by atoms with van der Waals surface area (Å²) in [5.74, 6) is -1.34. The number of primary amides is 1. The number of rotatable bonds is 9. The van der Waals surface area contributed by atoms with Gasteiger partial charge in [-0.05, 0) is 36.8 Å². The van der Waals surface area contributed by atoms with E-state index in [2.05, 4.69) is 9.97 Å². The summed E-state index contributed by atoms with van der Waals surface area (Å²) in [4.78, 5) is 70.1. The number of nitrogens with two attached hydrogens (primary N) is 1. The molecule has 1 aromatic carbocycles. The minimum atomic E-state index is -0.901. The van der Waals surface area contributed by atoms with E-state index in [1.165, 1.54) is 20.9 Å². The fourth-order valence-electron chi connectivity index (χ4n) is 5.08. The summed E-state index contributed by atoms with van der Waals surface area (Å²) in [6.07, 6.45) is 5.25. The highest BCUT2D eigenvalue weighted by Crippen LogP contribution is 2.32. The highest BCUT2D eigenvalue weighted by atomic mass is 16.7. The minimum absolute atomic E-state index is 0.0141. The molecular formula is C28H36N6O5. The first-order valence-electron chi connectivity index (χ1n) is 13.3. The maximum Gasteiger partial charge on any atom is 0.272 e. The molecule has 2 aliphatic heterocycles. The van der Waals surface area contributed by atoms with Crippen LogP contribution in [0.15, 0.2) is 36.7 Å². The van der Waals surface area contributed by atoms with Crippen molar-refractivity contribution in [2.45, 2.75) is 65.3 Å². The molecule has 4 amide bonds. The van der Waals surface area contributed by atoms with E-state index in [0.29, 0.717) is 29.4 Å². The lowest BCUT2D eigenvalue weighted by molar-refractivity contribution is -0.274. The van der Waals surface area contributed by atoms with Gasteiger partial charge >= 0.3 is 0 Å². The lowest BCUT2D eigenvalue weighted by atomic mass is 9.95. The molecule has 3 atom stereocenters. The van der Waals surface area contributed by atoms with Crippen molar-refractivity contribution in [3.05, 3.63) is 42.2 Å². The SMILES string of the molecule is CC(C)C[C@H]1ON(C(=O)/C=C/c2cccc3nccnc23)[C@H]2CN(CCC(N)=O)C(=O)[C@H](CC(C)C)N2C1=O. The number of hydroxylamine groups is 2. The fourth-order valence-corrected chi connectivity index (χ4v) is 5.08. The van der Waals surface area contributed by atoms with Crippen LogP contribution < -0.4 is 5.73 Å². The highest BCUT2D eigenvalue weighted by Gasteiger charge is 2.52. The normalized spacial score (nSPS) is 21.9. The topological polar surface area (TPSA) is 139 Å². The van der Waals surface area contributed by atoms with E-state index in [9.17, 15) is 19.2 Å². The first-order valence-corrected chi connectivity index (χ1v) is 13.3. The van der Waals surface area contributed by atoms with Crippen molar-refractivity contribution in [1.82, 2.24) is 24.8 Å². The predicted molar refractivity (Wildman–Crippen MR) is 144 cm³/mol. The number of para-hydroxylation sites is 1. The highest BCUT2D eigenvalue weighted by molar-refractivity contribution is 5.97. The van der Waals surface area contributed by atoms with Crippen LogP contribution >= 0.6 is 0 Å². The Morgan fingerprint density at radius 2 is 1.79 bits per heavy atom. The molecule has 0 radical (unpaired) electrons. The summed E-state index contributed by atoms with van der Waals surface area (Å²) in [6, 6.07) is 4.72. The predicted octanol–water partition coefficient (Wildman–Crippen LogP) is 2.12. The molecule has 208 valence electrons. The number of carbonyl (C=O) groups excluding carboxylic acids is 4. The molecule has 0 saturated carbocycles. The standard InChI is InChI=1S/C28H36N6O5/c1-17(2)14-21-27(37)32(13-10-23(29)35)16-24-33(21)28(38)22(15-18(3)4)39-34(24)25(36)9-8-19-6-5-7-20-26(19)31-12-11-30-20/h5-9,11-12,17-18,21-22,24H,10,13-16H2,1-4H3,(H2,29,35)/b9-8+/t21-,22+,24-/m0/s1. The second-order valence-corrected chi connectivity index (χ2v) is 10.9. The maximum absolute atomic E-state index is 13.7. The number of piperazine rings is 1. The smallest absolute Gasteiger partial charge is 0.272 e. The molecule has 11 heteroatoms. The van der Waals surface area contributed by atoms with Crippen molar-refractivity contribution in [2.24, 2.45) is 17.6 Å². The number of fused-ring (bicyclic) bond motifs is 2. The fraction of sp³-hybridized carbons (Fsp3) is 0.500. The van der Waals surface area contributed by atoms with Crippen LogP contribution in [0.2, 0.25) is 0 Å². The molecule has 2 aliphatic rings. The van der Waals surface area contributed by atoms with E-state index >= 15 is 0 Å². The zero-order valence-electron chi connectivity index (χ0n) is 22.8. The van der Waals surface area contributed by atoms with Crippen LogP contribution in [0.3, 0.4) is 0 Å². The number of carbonyl (C=O) groups is 4. The first-order chi connectivity index (χ1) is 18.6. The number of benzene rings is 1. The molecule has 39 heavy (non-hydrogen) atoms.